The predicted octanol–water partition coefficient (Wildman–Crippen LogP) is 0.827. The van der Waals surface area contributed by atoms with Crippen molar-refractivity contribution in [3.8, 4) is 0 Å². The van der Waals surface area contributed by atoms with E-state index in [-0.39, 0.29) is 25.3 Å². The Kier molecular flexibility index (Phi) is 14.9. The monoisotopic (exact) mass is 658 g/mol. The minimum absolute atomic E-state index is 0.0682. The van der Waals surface area contributed by atoms with Crippen LogP contribution in [-0.4, -0.2) is 87.4 Å². The number of H-pyrrole nitrogens is 1. The second kappa shape index (κ2) is 18.3. The van der Waals surface area contributed by atoms with Crippen LogP contribution >= 0.6 is 0 Å². The van der Waals surface area contributed by atoms with E-state index in [1.54, 1.807) is 26.1 Å². The molecule has 0 saturated carbocycles. The minimum Gasteiger partial charge on any atom is -0.481 e. The van der Waals surface area contributed by atoms with Crippen molar-refractivity contribution >= 4 is 52.4 Å². The van der Waals surface area contributed by atoms with Crippen LogP contribution < -0.4 is 26.6 Å². The highest BCUT2D eigenvalue weighted by molar-refractivity contribution is 5.96. The van der Waals surface area contributed by atoms with E-state index in [2.05, 4.69) is 31.6 Å². The molecule has 2 rings (SSSR count). The molecule has 258 valence electrons. The number of carbonyl (C=O) groups excluding carboxylic acids is 5. The number of hydrogen-bond donors (Lipinski definition) is 8. The third-order valence-electron chi connectivity index (χ3n) is 8.04. The molecule has 0 spiro atoms. The number of nitrogens with one attached hydrogen (secondary N) is 6. The number of carboxylic acid groups (broad SMARTS) is 2. The van der Waals surface area contributed by atoms with E-state index in [9.17, 15) is 38.7 Å². The Hall–Kier alpha value is -4.95. The minimum atomic E-state index is -1.69. The molecular formula is C32H46N6O9. The molecule has 2 aromatic rings. The fraction of sp³-hybridized carbons (Fsp3) is 0.531. The lowest BCUT2D eigenvalue weighted by Gasteiger charge is -2.30. The third-order valence-corrected chi connectivity index (χ3v) is 8.04. The standard InChI is InChI=1S/C32H46N6O9/c1-6-17(3)27(35-19(5)39)31(45)38-28(18(4)7-2)30(44)36-23(14-20-16-34-22-11-9-8-10-21(20)22)29(43)37-24(32(46)47)15-25(40)33-13-12-26(41)42/h8-11,16-18,23-24,27-28,34H,6-7,12-15H2,1-5H3,(H,33,40)(H,35,39)(H,36,44)(H,37,43)(H,38,45)(H,41,42)(H,46,47)/t17-,18+,23+,24+,27+,28+/m1/s1. The quantitative estimate of drug-likeness (QED) is 0.107. The molecule has 15 nitrogen and oxygen atoms in total. The number of aromatic nitrogens is 1. The first-order valence-corrected chi connectivity index (χ1v) is 15.6. The summed E-state index contributed by atoms with van der Waals surface area (Å²) in [6.07, 6.45) is 1.60. The summed E-state index contributed by atoms with van der Waals surface area (Å²) in [5.74, 6) is -6.64. The van der Waals surface area contributed by atoms with Gasteiger partial charge in [0.15, 0.2) is 0 Å². The number of hydrogen-bond acceptors (Lipinski definition) is 7. The molecule has 0 unspecified atom stereocenters. The number of aromatic amines is 1. The molecule has 1 heterocycles. The van der Waals surface area contributed by atoms with Crippen LogP contribution in [-0.2, 0) is 40.0 Å². The van der Waals surface area contributed by atoms with Gasteiger partial charge >= 0.3 is 11.9 Å². The van der Waals surface area contributed by atoms with Crippen molar-refractivity contribution in [1.82, 2.24) is 31.6 Å². The van der Waals surface area contributed by atoms with Gasteiger partial charge in [-0.25, -0.2) is 4.79 Å². The van der Waals surface area contributed by atoms with Gasteiger partial charge in [-0.1, -0.05) is 58.7 Å². The number of aliphatic carboxylic acids is 2. The van der Waals surface area contributed by atoms with Crippen LogP contribution in [0.4, 0.5) is 0 Å². The van der Waals surface area contributed by atoms with E-state index in [4.69, 9.17) is 5.11 Å². The number of fused-ring (bicyclic) bond motifs is 1. The summed E-state index contributed by atoms with van der Waals surface area (Å²) < 4.78 is 0. The van der Waals surface area contributed by atoms with Crippen LogP contribution in [0.3, 0.4) is 0 Å². The highest BCUT2D eigenvalue weighted by Crippen LogP contribution is 2.20. The van der Waals surface area contributed by atoms with Gasteiger partial charge in [0.1, 0.15) is 24.2 Å². The number of carbonyl (C=O) groups is 7. The first-order valence-electron chi connectivity index (χ1n) is 15.6. The van der Waals surface area contributed by atoms with Crippen molar-refractivity contribution in [2.24, 2.45) is 11.8 Å². The summed E-state index contributed by atoms with van der Waals surface area (Å²) in [5.41, 5.74) is 1.42. The van der Waals surface area contributed by atoms with E-state index >= 15 is 0 Å². The molecular weight excluding hydrogens is 612 g/mol. The molecule has 0 bridgehead atoms. The van der Waals surface area contributed by atoms with Gasteiger partial charge in [-0.15, -0.1) is 0 Å². The molecule has 6 atom stereocenters. The topological polar surface area (TPSA) is 236 Å². The molecule has 47 heavy (non-hydrogen) atoms. The maximum absolute atomic E-state index is 13.8. The van der Waals surface area contributed by atoms with Crippen molar-refractivity contribution in [2.75, 3.05) is 6.54 Å². The average molecular weight is 659 g/mol. The molecule has 1 aromatic heterocycles. The molecule has 0 aliphatic carbocycles. The second-order valence-electron chi connectivity index (χ2n) is 11.7. The van der Waals surface area contributed by atoms with Crippen molar-refractivity contribution in [2.45, 2.75) is 90.9 Å². The zero-order valence-corrected chi connectivity index (χ0v) is 27.3. The Morgan fingerprint density at radius 2 is 1.36 bits per heavy atom. The normalized spacial score (nSPS) is 14.8. The van der Waals surface area contributed by atoms with Gasteiger partial charge in [0.05, 0.1) is 12.8 Å². The summed E-state index contributed by atoms with van der Waals surface area (Å²) in [5, 5.41) is 32.0. The Bertz CT molecular complexity index is 1440. The predicted molar refractivity (Wildman–Crippen MR) is 172 cm³/mol. The number of rotatable bonds is 19. The van der Waals surface area contributed by atoms with Crippen LogP contribution in [0.25, 0.3) is 10.9 Å². The molecule has 0 aliphatic rings. The molecule has 1 aromatic carbocycles. The van der Waals surface area contributed by atoms with Gasteiger partial charge < -0.3 is 41.8 Å². The number of amides is 5. The SMILES string of the molecule is CC[C@@H](C)[C@H](NC(C)=O)C(=O)N[C@H](C(=O)N[C@@H](Cc1c[nH]c2ccccc12)C(=O)N[C@@H](CC(=O)NCCC(=O)O)C(=O)O)[C@@H](C)CC. The van der Waals surface area contributed by atoms with Gasteiger partial charge in [-0.2, -0.15) is 0 Å². The highest BCUT2D eigenvalue weighted by atomic mass is 16.4. The van der Waals surface area contributed by atoms with Gasteiger partial charge in [0.2, 0.25) is 29.5 Å². The van der Waals surface area contributed by atoms with Gasteiger partial charge in [0.25, 0.3) is 0 Å². The largest absolute Gasteiger partial charge is 0.481 e. The lowest BCUT2D eigenvalue weighted by atomic mass is 9.94. The van der Waals surface area contributed by atoms with Crippen LogP contribution in [0.1, 0.15) is 65.9 Å². The summed E-state index contributed by atoms with van der Waals surface area (Å²) in [4.78, 5) is 90.8. The van der Waals surface area contributed by atoms with E-state index in [1.807, 2.05) is 32.0 Å². The third kappa shape index (κ3) is 11.7. The molecule has 0 fully saturated rings. The molecule has 15 heteroatoms. The Balaban J connectivity index is 2.37. The number of para-hydroxylation sites is 1. The summed E-state index contributed by atoms with van der Waals surface area (Å²) >= 11 is 0. The smallest absolute Gasteiger partial charge is 0.326 e. The summed E-state index contributed by atoms with van der Waals surface area (Å²) in [6, 6.07) is 2.23. The van der Waals surface area contributed by atoms with Gasteiger partial charge in [-0.05, 0) is 23.5 Å². The lowest BCUT2D eigenvalue weighted by molar-refractivity contribution is -0.144. The maximum atomic E-state index is 13.8. The van der Waals surface area contributed by atoms with Crippen LogP contribution in [0.5, 0.6) is 0 Å². The first kappa shape index (κ1) is 38.2. The van der Waals surface area contributed by atoms with Crippen molar-refractivity contribution < 1.29 is 43.8 Å². The van der Waals surface area contributed by atoms with Crippen LogP contribution in [0, 0.1) is 11.8 Å². The Morgan fingerprint density at radius 1 is 0.787 bits per heavy atom. The van der Waals surface area contributed by atoms with E-state index in [0.29, 0.717) is 18.4 Å². The van der Waals surface area contributed by atoms with Crippen molar-refractivity contribution in [1.29, 1.82) is 0 Å². The zero-order chi connectivity index (χ0) is 35.3. The fourth-order valence-electron chi connectivity index (χ4n) is 4.90. The maximum Gasteiger partial charge on any atom is 0.326 e. The summed E-state index contributed by atoms with van der Waals surface area (Å²) in [6.45, 7) is 8.30. The fourth-order valence-corrected chi connectivity index (χ4v) is 4.90. The molecule has 8 N–H and O–H groups in total. The van der Waals surface area contributed by atoms with E-state index in [0.717, 1.165) is 10.9 Å². The molecule has 0 saturated heterocycles. The van der Waals surface area contributed by atoms with Gasteiger partial charge in [-0.3, -0.25) is 28.8 Å². The Labute approximate surface area is 273 Å². The number of carboxylic acids is 2. The number of benzene rings is 1. The average Bonchev–Trinajstić information content (AvgIpc) is 3.43. The van der Waals surface area contributed by atoms with Gasteiger partial charge in [0, 0.05) is 37.0 Å². The Morgan fingerprint density at radius 3 is 1.94 bits per heavy atom. The highest BCUT2D eigenvalue weighted by Gasteiger charge is 2.35. The lowest BCUT2D eigenvalue weighted by Crippen LogP contribution is -2.60. The van der Waals surface area contributed by atoms with E-state index in [1.165, 1.54) is 6.92 Å². The zero-order valence-electron chi connectivity index (χ0n) is 27.3. The van der Waals surface area contributed by atoms with Crippen molar-refractivity contribution in [3.05, 3.63) is 36.0 Å². The molecule has 0 aliphatic heterocycles. The van der Waals surface area contributed by atoms with Crippen molar-refractivity contribution in [3.63, 3.8) is 0 Å². The van der Waals surface area contributed by atoms with Crippen LogP contribution in [0.15, 0.2) is 30.5 Å². The van der Waals surface area contributed by atoms with Crippen LogP contribution in [0.2, 0.25) is 0 Å². The van der Waals surface area contributed by atoms with E-state index < -0.39 is 78.0 Å². The molecule has 5 amide bonds. The summed E-state index contributed by atoms with van der Waals surface area (Å²) in [7, 11) is 0. The first-order chi connectivity index (χ1) is 22.2. The second-order valence-corrected chi connectivity index (χ2v) is 11.7. The molecule has 0 radical (unpaired) electrons.